The first kappa shape index (κ1) is 2.98. The van der Waals surface area contributed by atoms with Crippen molar-refractivity contribution in [2.45, 2.75) is 0 Å². The molecule has 2 N–H and O–H groups in total. The van der Waals surface area contributed by atoms with Gasteiger partial charge >= 0.3 is 0 Å². The van der Waals surface area contributed by atoms with Crippen LogP contribution in [0.5, 0.6) is 11.5 Å². The molecule has 0 fully saturated rings. The van der Waals surface area contributed by atoms with E-state index in [2.05, 4.69) is 0 Å². The molecule has 0 aliphatic carbocycles. The monoisotopic (exact) mass is 166 g/mol. The van der Waals surface area contributed by atoms with Gasteiger partial charge in [0.15, 0.2) is 0 Å². The summed E-state index contributed by atoms with van der Waals surface area (Å²) in [7, 11) is 0. The van der Waals surface area contributed by atoms with Gasteiger partial charge in [0, 0.05) is 5.39 Å². The van der Waals surface area contributed by atoms with Crippen molar-refractivity contribution < 1.29 is 18.4 Å². The van der Waals surface area contributed by atoms with Crippen molar-refractivity contribution in [1.82, 2.24) is 0 Å². The van der Waals surface area contributed by atoms with E-state index in [1.807, 2.05) is 0 Å². The van der Waals surface area contributed by atoms with Crippen LogP contribution in [-0.4, -0.2) is 10.2 Å². The van der Waals surface area contributed by atoms with Gasteiger partial charge in [0.1, 0.15) is 11.5 Å². The Bertz CT molecular complexity index is 569. The van der Waals surface area contributed by atoms with Crippen LogP contribution in [-0.2, 0) is 0 Å². The minimum Gasteiger partial charge on any atom is -0.508 e. The molecule has 2 heteroatoms. The highest BCUT2D eigenvalue weighted by Crippen LogP contribution is 2.26. The SMILES string of the molecule is [2H]c1c([2H])c(O)c2c([2H])c([2H])c(O)c([2H])c2c1[2H]. The van der Waals surface area contributed by atoms with Gasteiger partial charge in [0.25, 0.3) is 0 Å². The second-order valence-electron chi connectivity index (χ2n) is 2.20. The van der Waals surface area contributed by atoms with Crippen LogP contribution in [0.15, 0.2) is 36.3 Å². The lowest BCUT2D eigenvalue weighted by Gasteiger charge is -1.99. The highest BCUT2D eigenvalue weighted by atomic mass is 16.3. The first-order valence-electron chi connectivity index (χ1n) is 6.20. The van der Waals surface area contributed by atoms with Gasteiger partial charge in [0.05, 0.1) is 8.22 Å². The van der Waals surface area contributed by atoms with Crippen LogP contribution in [0.4, 0.5) is 0 Å². The summed E-state index contributed by atoms with van der Waals surface area (Å²) in [5, 5.41) is 18.6. The van der Waals surface area contributed by atoms with Gasteiger partial charge in [-0.1, -0.05) is 12.1 Å². The lowest BCUT2D eigenvalue weighted by molar-refractivity contribution is 0.475. The second kappa shape index (κ2) is 2.41. The van der Waals surface area contributed by atoms with E-state index in [0.717, 1.165) is 0 Å². The molecule has 0 heterocycles. The van der Waals surface area contributed by atoms with E-state index < -0.39 is 47.8 Å². The molecule has 0 unspecified atom stereocenters. The van der Waals surface area contributed by atoms with Gasteiger partial charge in [-0.15, -0.1) is 0 Å². The molecule has 2 rings (SSSR count). The second-order valence-corrected chi connectivity index (χ2v) is 2.20. The van der Waals surface area contributed by atoms with Crippen molar-refractivity contribution in [2.24, 2.45) is 0 Å². The number of hydrogen-bond acceptors (Lipinski definition) is 2. The van der Waals surface area contributed by atoms with Crippen LogP contribution in [0.25, 0.3) is 10.8 Å². The fourth-order valence-corrected chi connectivity index (χ4v) is 0.883. The molecule has 12 heavy (non-hydrogen) atoms. The van der Waals surface area contributed by atoms with Gasteiger partial charge in [-0.2, -0.15) is 0 Å². The third-order valence-electron chi connectivity index (χ3n) is 1.40. The van der Waals surface area contributed by atoms with Crippen LogP contribution < -0.4 is 0 Å². The van der Waals surface area contributed by atoms with Gasteiger partial charge in [-0.05, 0) is 29.6 Å². The van der Waals surface area contributed by atoms with Crippen LogP contribution in [0.1, 0.15) is 8.22 Å². The maximum Gasteiger partial charge on any atom is 0.123 e. The number of hydrogen-bond donors (Lipinski definition) is 2. The molecule has 0 radical (unpaired) electrons. The summed E-state index contributed by atoms with van der Waals surface area (Å²) < 4.78 is 45.2. The molecule has 0 amide bonds. The summed E-state index contributed by atoms with van der Waals surface area (Å²) in [5.41, 5.74) is 0. The number of phenolic OH excluding ortho intramolecular Hbond substituents is 2. The summed E-state index contributed by atoms with van der Waals surface area (Å²) in [6, 6.07) is -3.57. The minimum atomic E-state index is -0.780. The van der Waals surface area contributed by atoms with Crippen molar-refractivity contribution in [3.8, 4) is 11.5 Å². The third kappa shape index (κ3) is 0.975. The first-order chi connectivity index (χ1) is 8.29. The maximum absolute atomic E-state index is 9.72. The van der Waals surface area contributed by atoms with E-state index in [4.69, 9.17) is 8.22 Å². The van der Waals surface area contributed by atoms with Crippen molar-refractivity contribution >= 4 is 10.8 Å². The molecule has 0 saturated carbocycles. The van der Waals surface area contributed by atoms with E-state index in [0.29, 0.717) is 0 Å². The minimum absolute atomic E-state index is 0.299. The lowest BCUT2D eigenvalue weighted by atomic mass is 10.1. The van der Waals surface area contributed by atoms with Gasteiger partial charge in [-0.3, -0.25) is 0 Å². The average Bonchev–Trinajstić information content (AvgIpc) is 2.35. The Hall–Kier alpha value is -1.70. The fourth-order valence-electron chi connectivity index (χ4n) is 0.883. The summed E-state index contributed by atoms with van der Waals surface area (Å²) >= 11 is 0. The van der Waals surface area contributed by atoms with Crippen LogP contribution in [0.3, 0.4) is 0 Å². The van der Waals surface area contributed by atoms with Crippen LogP contribution >= 0.6 is 0 Å². The number of rotatable bonds is 0. The molecular formula is C10H8O2. The van der Waals surface area contributed by atoms with Crippen molar-refractivity contribution in [3.63, 3.8) is 0 Å². The van der Waals surface area contributed by atoms with Gasteiger partial charge in [-0.25, -0.2) is 0 Å². The first-order valence-corrected chi connectivity index (χ1v) is 3.20. The molecule has 2 nitrogen and oxygen atoms in total. The van der Waals surface area contributed by atoms with E-state index >= 15 is 0 Å². The molecule has 0 aliphatic rings. The predicted octanol–water partition coefficient (Wildman–Crippen LogP) is 2.25. The predicted molar refractivity (Wildman–Crippen MR) is 47.3 cm³/mol. The summed E-state index contributed by atoms with van der Waals surface area (Å²) in [6.07, 6.45) is 0. The van der Waals surface area contributed by atoms with Gasteiger partial charge in [0.2, 0.25) is 0 Å². The molecule has 0 aromatic heterocycles. The number of benzene rings is 2. The maximum atomic E-state index is 9.72. The fraction of sp³-hybridized carbons (Fsp3) is 0. The molecule has 0 atom stereocenters. The highest BCUT2D eigenvalue weighted by molar-refractivity contribution is 5.88. The third-order valence-corrected chi connectivity index (χ3v) is 1.40. The molecule has 0 saturated heterocycles. The zero-order chi connectivity index (χ0) is 13.8. The number of aromatic hydroxyl groups is 2. The Morgan fingerprint density at radius 2 is 1.92 bits per heavy atom. The number of fused-ring (bicyclic) bond motifs is 1. The molecule has 0 aliphatic heterocycles. The van der Waals surface area contributed by atoms with E-state index in [9.17, 15) is 10.2 Å². The largest absolute Gasteiger partial charge is 0.508 e. The Labute approximate surface area is 78.1 Å². The Morgan fingerprint density at radius 1 is 1.08 bits per heavy atom. The molecule has 2 aromatic carbocycles. The molecular weight excluding hydrogens is 152 g/mol. The Kier molecular flexibility index (Phi) is 0.598. The van der Waals surface area contributed by atoms with E-state index in [-0.39, 0.29) is 10.8 Å². The number of phenols is 2. The molecule has 2 aromatic rings. The van der Waals surface area contributed by atoms with Crippen molar-refractivity contribution in [2.75, 3.05) is 0 Å². The summed E-state index contributed by atoms with van der Waals surface area (Å²) in [5.74, 6) is -1.50. The average molecular weight is 166 g/mol. The van der Waals surface area contributed by atoms with E-state index in [1.165, 1.54) is 0 Å². The zero-order valence-electron chi connectivity index (χ0n) is 11.9. The molecule has 0 bridgehead atoms. The quantitative estimate of drug-likeness (QED) is 0.630. The lowest BCUT2D eigenvalue weighted by Crippen LogP contribution is -1.72. The summed E-state index contributed by atoms with van der Waals surface area (Å²) in [4.78, 5) is 0. The zero-order valence-corrected chi connectivity index (χ0v) is 5.89. The van der Waals surface area contributed by atoms with Crippen LogP contribution in [0.2, 0.25) is 0 Å². The smallest absolute Gasteiger partial charge is 0.123 e. The normalized spacial score (nSPS) is 17.3. The Morgan fingerprint density at radius 3 is 2.75 bits per heavy atom. The standard InChI is InChI=1S/C10H8O2/c11-8-4-5-9-7(6-8)2-1-3-10(9)12/h1-6,11-12H/i1D,2D,3D,4D,5D,6D. The Balaban J connectivity index is 3.22. The van der Waals surface area contributed by atoms with Crippen molar-refractivity contribution in [1.29, 1.82) is 0 Å². The topological polar surface area (TPSA) is 40.5 Å². The van der Waals surface area contributed by atoms with Crippen LogP contribution in [0, 0.1) is 0 Å². The molecule has 0 spiro atoms. The van der Waals surface area contributed by atoms with Crippen molar-refractivity contribution in [3.05, 3.63) is 36.3 Å². The van der Waals surface area contributed by atoms with E-state index in [1.54, 1.807) is 0 Å². The molecule has 60 valence electrons. The van der Waals surface area contributed by atoms with Gasteiger partial charge < -0.3 is 10.2 Å². The highest BCUT2D eigenvalue weighted by Gasteiger charge is 1.98. The summed E-state index contributed by atoms with van der Waals surface area (Å²) in [6.45, 7) is 0.